The third-order valence-corrected chi connectivity index (χ3v) is 3.60. The largest absolute Gasteiger partial charge is 0.381 e. The lowest BCUT2D eigenvalue weighted by atomic mass is 10.1. The van der Waals surface area contributed by atoms with Crippen LogP contribution in [0.2, 0.25) is 0 Å². The summed E-state index contributed by atoms with van der Waals surface area (Å²) in [6, 6.07) is 4.40. The van der Waals surface area contributed by atoms with Gasteiger partial charge in [0.05, 0.1) is 18.2 Å². The molecule has 1 saturated heterocycles. The highest BCUT2D eigenvalue weighted by atomic mass is 19.1. The van der Waals surface area contributed by atoms with Crippen LogP contribution in [-0.4, -0.2) is 43.7 Å². The number of methoxy groups -OCH3 is 1. The number of nitrogens with zero attached hydrogens (tertiary/aromatic N) is 1. The predicted octanol–water partition coefficient (Wildman–Crippen LogP) is 1.39. The van der Waals surface area contributed by atoms with Crippen LogP contribution in [0.25, 0.3) is 0 Å². The Labute approximate surface area is 124 Å². The van der Waals surface area contributed by atoms with Crippen molar-refractivity contribution in [1.82, 2.24) is 4.90 Å². The Morgan fingerprint density at radius 1 is 1.48 bits per heavy atom. The highest BCUT2D eigenvalue weighted by Gasteiger charge is 2.25. The lowest BCUT2D eigenvalue weighted by Gasteiger charge is -2.31. The molecular weight excluding hydrogens is 271 g/mol. The number of hydrogen-bond donors (Lipinski definition) is 1. The molecule has 1 heterocycles. The second kappa shape index (κ2) is 7.21. The van der Waals surface area contributed by atoms with Gasteiger partial charge >= 0.3 is 0 Å². The van der Waals surface area contributed by atoms with E-state index in [2.05, 4.69) is 11.8 Å². The minimum atomic E-state index is -0.544. The van der Waals surface area contributed by atoms with E-state index in [4.69, 9.17) is 10.5 Å². The zero-order chi connectivity index (χ0) is 15.2. The molecule has 0 bridgehead atoms. The van der Waals surface area contributed by atoms with Gasteiger partial charge in [0.25, 0.3) is 5.91 Å². The van der Waals surface area contributed by atoms with Gasteiger partial charge in [-0.3, -0.25) is 4.79 Å². The fourth-order valence-corrected chi connectivity index (χ4v) is 2.38. The van der Waals surface area contributed by atoms with Crippen molar-refractivity contribution in [3.63, 3.8) is 0 Å². The molecule has 0 radical (unpaired) electrons. The van der Waals surface area contributed by atoms with E-state index < -0.39 is 5.82 Å². The molecule has 0 aromatic heterocycles. The van der Waals surface area contributed by atoms with Gasteiger partial charge in [0, 0.05) is 25.8 Å². The monoisotopic (exact) mass is 290 g/mol. The second-order valence-corrected chi connectivity index (χ2v) is 4.93. The molecule has 2 rings (SSSR count). The fourth-order valence-electron chi connectivity index (χ4n) is 2.38. The molecule has 2 N–H and O–H groups in total. The number of rotatable bonds is 2. The number of benzene rings is 1. The first-order valence-electron chi connectivity index (χ1n) is 6.96. The molecule has 112 valence electrons. The SMILES string of the molecule is COC1CCN(C(=O)c2ccc(C#CCN)cc2F)CC1. The van der Waals surface area contributed by atoms with Crippen molar-refractivity contribution in [2.75, 3.05) is 26.7 Å². The Balaban J connectivity index is 2.09. The molecule has 1 aliphatic rings. The van der Waals surface area contributed by atoms with Crippen LogP contribution in [0.3, 0.4) is 0 Å². The maximum absolute atomic E-state index is 14.1. The number of piperidine rings is 1. The molecule has 4 nitrogen and oxygen atoms in total. The minimum Gasteiger partial charge on any atom is -0.381 e. The predicted molar refractivity (Wildman–Crippen MR) is 78.3 cm³/mol. The molecule has 1 aromatic carbocycles. The number of likely N-dealkylation sites (tertiary alicyclic amines) is 1. The quantitative estimate of drug-likeness (QED) is 0.837. The Kier molecular flexibility index (Phi) is 5.32. The van der Waals surface area contributed by atoms with Crippen LogP contribution < -0.4 is 5.73 Å². The third-order valence-electron chi connectivity index (χ3n) is 3.60. The molecule has 0 atom stereocenters. The van der Waals surface area contributed by atoms with Crippen LogP contribution in [0.4, 0.5) is 4.39 Å². The van der Waals surface area contributed by atoms with E-state index in [1.807, 2.05) is 0 Å². The Morgan fingerprint density at radius 2 is 2.19 bits per heavy atom. The first kappa shape index (κ1) is 15.5. The molecule has 1 aromatic rings. The molecule has 0 saturated carbocycles. The third kappa shape index (κ3) is 3.81. The molecule has 0 unspecified atom stereocenters. The van der Waals surface area contributed by atoms with E-state index in [0.717, 1.165) is 12.8 Å². The van der Waals surface area contributed by atoms with Gasteiger partial charge in [0.1, 0.15) is 5.82 Å². The summed E-state index contributed by atoms with van der Waals surface area (Å²) >= 11 is 0. The van der Waals surface area contributed by atoms with E-state index in [1.54, 1.807) is 18.1 Å². The maximum atomic E-state index is 14.1. The minimum absolute atomic E-state index is 0.0872. The summed E-state index contributed by atoms with van der Waals surface area (Å²) in [6.45, 7) is 1.40. The summed E-state index contributed by atoms with van der Waals surface area (Å²) in [5.41, 5.74) is 5.88. The van der Waals surface area contributed by atoms with Gasteiger partial charge in [-0.15, -0.1) is 0 Å². The number of ether oxygens (including phenoxy) is 1. The molecule has 0 aliphatic carbocycles. The van der Waals surface area contributed by atoms with Crippen molar-refractivity contribution in [3.05, 3.63) is 35.1 Å². The average molecular weight is 290 g/mol. The molecule has 5 heteroatoms. The molecule has 1 fully saturated rings. The zero-order valence-corrected chi connectivity index (χ0v) is 12.1. The summed E-state index contributed by atoms with van der Waals surface area (Å²) < 4.78 is 19.3. The summed E-state index contributed by atoms with van der Waals surface area (Å²) in [5.74, 6) is 4.58. The van der Waals surface area contributed by atoms with Crippen molar-refractivity contribution in [2.45, 2.75) is 18.9 Å². The Morgan fingerprint density at radius 3 is 2.76 bits per heavy atom. The topological polar surface area (TPSA) is 55.6 Å². The van der Waals surface area contributed by atoms with Crippen LogP contribution in [0.5, 0.6) is 0 Å². The standard InChI is InChI=1S/C16H19FN2O2/c1-21-13-6-9-19(10-7-13)16(20)14-5-4-12(3-2-8-18)11-15(14)17/h4-5,11,13H,6-10,18H2,1H3. The highest BCUT2D eigenvalue weighted by molar-refractivity contribution is 5.94. The fraction of sp³-hybridized carbons (Fsp3) is 0.438. The van der Waals surface area contributed by atoms with Crippen molar-refractivity contribution < 1.29 is 13.9 Å². The van der Waals surface area contributed by atoms with E-state index >= 15 is 0 Å². The first-order valence-corrected chi connectivity index (χ1v) is 6.96. The van der Waals surface area contributed by atoms with Crippen LogP contribution in [-0.2, 0) is 4.74 Å². The summed E-state index contributed by atoms with van der Waals surface area (Å²) in [5, 5.41) is 0. The van der Waals surface area contributed by atoms with E-state index in [0.29, 0.717) is 18.7 Å². The Bertz CT molecular complexity index is 569. The molecule has 1 aliphatic heterocycles. The van der Waals surface area contributed by atoms with Gasteiger partial charge in [-0.25, -0.2) is 4.39 Å². The number of nitrogens with two attached hydrogens (primary N) is 1. The van der Waals surface area contributed by atoms with E-state index in [9.17, 15) is 9.18 Å². The lowest BCUT2D eigenvalue weighted by molar-refractivity contribution is 0.0348. The Hall–Kier alpha value is -1.90. The van der Waals surface area contributed by atoms with Crippen LogP contribution in [0.15, 0.2) is 18.2 Å². The highest BCUT2D eigenvalue weighted by Crippen LogP contribution is 2.18. The smallest absolute Gasteiger partial charge is 0.256 e. The summed E-state index contributed by atoms with van der Waals surface area (Å²) in [4.78, 5) is 14.0. The normalized spacial score (nSPS) is 15.5. The first-order chi connectivity index (χ1) is 10.2. The number of halogens is 1. The van der Waals surface area contributed by atoms with Gasteiger partial charge in [0.2, 0.25) is 0 Å². The average Bonchev–Trinajstić information content (AvgIpc) is 2.52. The number of amides is 1. The van der Waals surface area contributed by atoms with E-state index in [-0.39, 0.29) is 24.1 Å². The second-order valence-electron chi connectivity index (χ2n) is 4.93. The van der Waals surface area contributed by atoms with Crippen molar-refractivity contribution in [3.8, 4) is 11.8 Å². The van der Waals surface area contributed by atoms with Crippen molar-refractivity contribution >= 4 is 5.91 Å². The van der Waals surface area contributed by atoms with Crippen molar-refractivity contribution in [2.24, 2.45) is 5.73 Å². The maximum Gasteiger partial charge on any atom is 0.256 e. The van der Waals surface area contributed by atoms with Gasteiger partial charge in [0.15, 0.2) is 0 Å². The van der Waals surface area contributed by atoms with Crippen LogP contribution in [0.1, 0.15) is 28.8 Å². The van der Waals surface area contributed by atoms with Gasteiger partial charge in [-0.05, 0) is 31.0 Å². The van der Waals surface area contributed by atoms with Gasteiger partial charge < -0.3 is 15.4 Å². The summed E-state index contributed by atoms with van der Waals surface area (Å²) in [6.07, 6.45) is 1.75. The van der Waals surface area contributed by atoms with Crippen molar-refractivity contribution in [1.29, 1.82) is 0 Å². The van der Waals surface area contributed by atoms with Gasteiger partial charge in [-0.2, -0.15) is 0 Å². The molecule has 0 spiro atoms. The number of hydrogen-bond acceptors (Lipinski definition) is 3. The summed E-state index contributed by atoms with van der Waals surface area (Å²) in [7, 11) is 1.67. The van der Waals surface area contributed by atoms with Crippen LogP contribution >= 0.6 is 0 Å². The lowest BCUT2D eigenvalue weighted by Crippen LogP contribution is -2.40. The molecule has 21 heavy (non-hydrogen) atoms. The molecular formula is C16H19FN2O2. The van der Waals surface area contributed by atoms with Crippen LogP contribution in [0, 0.1) is 17.7 Å². The number of carbonyl (C=O) groups excluding carboxylic acids is 1. The zero-order valence-electron chi connectivity index (χ0n) is 12.1. The van der Waals surface area contributed by atoms with E-state index in [1.165, 1.54) is 12.1 Å². The van der Waals surface area contributed by atoms with Gasteiger partial charge in [-0.1, -0.05) is 11.8 Å². The number of carbonyl (C=O) groups is 1. The molecule has 1 amide bonds.